The highest BCUT2D eigenvalue weighted by molar-refractivity contribution is 5.15. The number of rotatable bonds is 8. The fraction of sp³-hybridized carbons (Fsp3) is 0.444. The van der Waals surface area contributed by atoms with Crippen LogP contribution in [0.3, 0.4) is 0 Å². The van der Waals surface area contributed by atoms with Gasteiger partial charge < -0.3 is 10.2 Å². The van der Waals surface area contributed by atoms with E-state index >= 15 is 0 Å². The van der Waals surface area contributed by atoms with Crippen LogP contribution in [0.15, 0.2) is 54.6 Å². The molecule has 1 aromatic carbocycles. The summed E-state index contributed by atoms with van der Waals surface area (Å²) in [4.78, 5) is 2.58. The number of hydrogen-bond acceptors (Lipinski definition) is 2. The Bertz CT molecular complexity index is 422. The van der Waals surface area contributed by atoms with E-state index in [1.807, 2.05) is 7.05 Å². The molecule has 2 nitrogen and oxygen atoms in total. The normalized spacial score (nSPS) is 17.8. The van der Waals surface area contributed by atoms with Gasteiger partial charge in [-0.1, -0.05) is 54.6 Å². The number of hydrogen-bond donors (Lipinski definition) is 1. The Balaban J connectivity index is 1.83. The second-order valence-corrected chi connectivity index (χ2v) is 5.45. The molecule has 1 aliphatic rings. The highest BCUT2D eigenvalue weighted by atomic mass is 15.1. The lowest BCUT2D eigenvalue weighted by Gasteiger charge is -2.26. The zero-order valence-corrected chi connectivity index (χ0v) is 12.5. The zero-order chi connectivity index (χ0) is 14.0. The summed E-state index contributed by atoms with van der Waals surface area (Å²) in [5, 5.41) is 3.26. The lowest BCUT2D eigenvalue weighted by molar-refractivity contribution is 0.252. The molecular formula is C18H26N2. The Morgan fingerprint density at radius 3 is 2.70 bits per heavy atom. The van der Waals surface area contributed by atoms with Gasteiger partial charge in [0.25, 0.3) is 0 Å². The van der Waals surface area contributed by atoms with Gasteiger partial charge in [-0.15, -0.1) is 0 Å². The first-order valence-corrected chi connectivity index (χ1v) is 7.62. The summed E-state index contributed by atoms with van der Waals surface area (Å²) in [7, 11) is 2.03. The number of allylic oxidation sites excluding steroid dienone is 3. The zero-order valence-electron chi connectivity index (χ0n) is 12.5. The molecule has 0 saturated carbocycles. The van der Waals surface area contributed by atoms with E-state index in [0.29, 0.717) is 5.92 Å². The number of benzene rings is 1. The summed E-state index contributed by atoms with van der Waals surface area (Å²) in [6.45, 7) is 4.48. The molecule has 20 heavy (non-hydrogen) atoms. The molecule has 1 atom stereocenters. The highest BCUT2D eigenvalue weighted by Gasteiger charge is 2.12. The van der Waals surface area contributed by atoms with Crippen molar-refractivity contribution in [2.45, 2.75) is 12.8 Å². The lowest BCUT2D eigenvalue weighted by Crippen LogP contribution is -2.36. The van der Waals surface area contributed by atoms with Crippen molar-refractivity contribution < 1.29 is 0 Å². The minimum Gasteiger partial charge on any atom is -0.318 e. The van der Waals surface area contributed by atoms with Crippen molar-refractivity contribution in [3.05, 3.63) is 60.2 Å². The average molecular weight is 270 g/mol. The second-order valence-electron chi connectivity index (χ2n) is 5.45. The van der Waals surface area contributed by atoms with Crippen molar-refractivity contribution in [2.75, 3.05) is 33.2 Å². The Labute approximate surface area is 123 Å². The summed E-state index contributed by atoms with van der Waals surface area (Å²) in [5.74, 6) is 0.674. The molecule has 1 N–H and O–H groups in total. The molecule has 0 bridgehead atoms. The Morgan fingerprint density at radius 1 is 1.15 bits per heavy atom. The van der Waals surface area contributed by atoms with Gasteiger partial charge in [0.05, 0.1) is 0 Å². The van der Waals surface area contributed by atoms with Crippen molar-refractivity contribution in [2.24, 2.45) is 5.92 Å². The van der Waals surface area contributed by atoms with Crippen LogP contribution in [-0.2, 0) is 6.42 Å². The van der Waals surface area contributed by atoms with E-state index in [1.165, 1.54) is 12.0 Å². The van der Waals surface area contributed by atoms with E-state index in [2.05, 4.69) is 64.9 Å². The quantitative estimate of drug-likeness (QED) is 0.781. The van der Waals surface area contributed by atoms with E-state index < -0.39 is 0 Å². The van der Waals surface area contributed by atoms with Crippen molar-refractivity contribution in [1.29, 1.82) is 0 Å². The first-order chi connectivity index (χ1) is 9.88. The summed E-state index contributed by atoms with van der Waals surface area (Å²) < 4.78 is 0. The minimum absolute atomic E-state index is 0.674. The number of nitrogens with one attached hydrogen (secondary N) is 1. The molecule has 1 aromatic rings. The third-order valence-electron chi connectivity index (χ3n) is 3.80. The van der Waals surface area contributed by atoms with Crippen LogP contribution in [0.2, 0.25) is 0 Å². The molecule has 1 unspecified atom stereocenters. The Kier molecular flexibility index (Phi) is 6.55. The SMILES string of the molecule is CNCCN(CCc1ccccc1)CC1C=CC=CC1. The number of likely N-dealkylation sites (N-methyl/N-ethyl adjacent to an activating group) is 1. The molecule has 0 saturated heterocycles. The fourth-order valence-electron chi connectivity index (χ4n) is 2.60. The third kappa shape index (κ3) is 5.32. The predicted octanol–water partition coefficient (Wildman–Crippen LogP) is 2.88. The molecule has 0 radical (unpaired) electrons. The van der Waals surface area contributed by atoms with Gasteiger partial charge in [-0.2, -0.15) is 0 Å². The molecule has 0 aromatic heterocycles. The van der Waals surface area contributed by atoms with E-state index in [4.69, 9.17) is 0 Å². The van der Waals surface area contributed by atoms with Gasteiger partial charge in [0.1, 0.15) is 0 Å². The molecule has 1 aliphatic carbocycles. The van der Waals surface area contributed by atoms with Crippen molar-refractivity contribution in [3.63, 3.8) is 0 Å². The van der Waals surface area contributed by atoms with E-state index in [1.54, 1.807) is 0 Å². The van der Waals surface area contributed by atoms with Crippen LogP contribution in [0.4, 0.5) is 0 Å². The molecule has 0 spiro atoms. The molecule has 2 rings (SSSR count). The largest absolute Gasteiger partial charge is 0.318 e. The maximum atomic E-state index is 3.26. The van der Waals surface area contributed by atoms with Gasteiger partial charge in [0.15, 0.2) is 0 Å². The van der Waals surface area contributed by atoms with Gasteiger partial charge in [0.2, 0.25) is 0 Å². The predicted molar refractivity (Wildman–Crippen MR) is 86.9 cm³/mol. The van der Waals surface area contributed by atoms with Crippen molar-refractivity contribution >= 4 is 0 Å². The molecule has 0 aliphatic heterocycles. The summed E-state index contributed by atoms with van der Waals surface area (Å²) in [5.41, 5.74) is 1.43. The van der Waals surface area contributed by atoms with Crippen LogP contribution in [-0.4, -0.2) is 38.1 Å². The van der Waals surface area contributed by atoms with E-state index in [-0.39, 0.29) is 0 Å². The Hall–Kier alpha value is -1.38. The molecule has 0 amide bonds. The van der Waals surface area contributed by atoms with Gasteiger partial charge >= 0.3 is 0 Å². The second kappa shape index (κ2) is 8.72. The molecular weight excluding hydrogens is 244 g/mol. The van der Waals surface area contributed by atoms with Crippen LogP contribution in [0.5, 0.6) is 0 Å². The summed E-state index contributed by atoms with van der Waals surface area (Å²) in [6, 6.07) is 10.8. The van der Waals surface area contributed by atoms with Crippen LogP contribution in [0, 0.1) is 5.92 Å². The van der Waals surface area contributed by atoms with Gasteiger partial charge in [-0.25, -0.2) is 0 Å². The minimum atomic E-state index is 0.674. The maximum absolute atomic E-state index is 3.26. The highest BCUT2D eigenvalue weighted by Crippen LogP contribution is 2.13. The smallest absolute Gasteiger partial charge is 0.0107 e. The molecule has 2 heteroatoms. The summed E-state index contributed by atoms with van der Waals surface area (Å²) in [6.07, 6.45) is 11.3. The van der Waals surface area contributed by atoms with E-state index in [9.17, 15) is 0 Å². The first-order valence-electron chi connectivity index (χ1n) is 7.62. The van der Waals surface area contributed by atoms with Gasteiger partial charge in [-0.3, -0.25) is 0 Å². The van der Waals surface area contributed by atoms with Crippen molar-refractivity contribution in [1.82, 2.24) is 10.2 Å². The molecule has 108 valence electrons. The fourth-order valence-corrected chi connectivity index (χ4v) is 2.60. The van der Waals surface area contributed by atoms with Crippen molar-refractivity contribution in [3.8, 4) is 0 Å². The van der Waals surface area contributed by atoms with Gasteiger partial charge in [0, 0.05) is 26.2 Å². The molecule has 0 fully saturated rings. The Morgan fingerprint density at radius 2 is 2.00 bits per heavy atom. The topological polar surface area (TPSA) is 15.3 Å². The van der Waals surface area contributed by atoms with Gasteiger partial charge in [-0.05, 0) is 31.4 Å². The van der Waals surface area contributed by atoms with E-state index in [0.717, 1.165) is 32.6 Å². The van der Waals surface area contributed by atoms with Crippen LogP contribution in [0.25, 0.3) is 0 Å². The standard InChI is InChI=1S/C18H26N2/c1-19-13-15-20(16-18-10-6-3-7-11-18)14-12-17-8-4-2-5-9-17/h2-10,18-19H,11-16H2,1H3. The average Bonchev–Trinajstić information content (AvgIpc) is 2.52. The summed E-state index contributed by atoms with van der Waals surface area (Å²) >= 11 is 0. The first kappa shape index (κ1) is 15.0. The lowest BCUT2D eigenvalue weighted by atomic mass is 10.00. The molecule has 0 heterocycles. The maximum Gasteiger partial charge on any atom is 0.0107 e. The monoisotopic (exact) mass is 270 g/mol. The van der Waals surface area contributed by atoms with Crippen LogP contribution in [0.1, 0.15) is 12.0 Å². The third-order valence-corrected chi connectivity index (χ3v) is 3.80. The number of nitrogens with zero attached hydrogens (tertiary/aromatic N) is 1. The van der Waals surface area contributed by atoms with Crippen LogP contribution >= 0.6 is 0 Å². The van der Waals surface area contributed by atoms with Crippen LogP contribution < -0.4 is 5.32 Å².